The van der Waals surface area contributed by atoms with Gasteiger partial charge in [-0.1, -0.05) is 48.8 Å². The van der Waals surface area contributed by atoms with E-state index in [1.54, 1.807) is 12.1 Å². The van der Waals surface area contributed by atoms with E-state index in [1.807, 2.05) is 31.2 Å². The van der Waals surface area contributed by atoms with E-state index in [2.05, 4.69) is 47.2 Å². The summed E-state index contributed by atoms with van der Waals surface area (Å²) >= 11 is 3.35. The van der Waals surface area contributed by atoms with Gasteiger partial charge in [0.2, 0.25) is 0 Å². The molecule has 0 atom stereocenters. The number of carbonyl (C=O) groups is 1. The number of hydrazone groups is 1. The molecule has 0 aromatic heterocycles. The second-order valence-electron chi connectivity index (χ2n) is 7.13. The predicted molar refractivity (Wildman–Crippen MR) is 113 cm³/mol. The maximum Gasteiger partial charge on any atom is 0.277 e. The number of hydrogen-bond donors (Lipinski definition) is 2. The number of nitrogens with zero attached hydrogens (tertiary/aromatic N) is 1. The fraction of sp³-hybridized carbons (Fsp3) is 0.333. The van der Waals surface area contributed by atoms with Gasteiger partial charge in [0.25, 0.3) is 5.91 Å². The van der Waals surface area contributed by atoms with E-state index in [-0.39, 0.29) is 17.8 Å². The van der Waals surface area contributed by atoms with Crippen LogP contribution in [0.25, 0.3) is 0 Å². The molecule has 2 aromatic carbocycles. The first kappa shape index (κ1) is 21.8. The highest BCUT2D eigenvalue weighted by molar-refractivity contribution is 9.10. The highest BCUT2D eigenvalue weighted by Crippen LogP contribution is 2.32. The zero-order chi connectivity index (χ0) is 20.7. The van der Waals surface area contributed by atoms with Crippen molar-refractivity contribution in [3.63, 3.8) is 0 Å². The van der Waals surface area contributed by atoms with Gasteiger partial charge in [0.05, 0.1) is 12.8 Å². The van der Waals surface area contributed by atoms with Crippen LogP contribution >= 0.6 is 15.9 Å². The molecule has 0 fully saturated rings. The molecule has 0 spiro atoms. The zero-order valence-electron chi connectivity index (χ0n) is 16.5. The van der Waals surface area contributed by atoms with Gasteiger partial charge in [0, 0.05) is 10.0 Å². The average molecular weight is 449 g/mol. The molecule has 0 bridgehead atoms. The second kappa shape index (κ2) is 9.59. The summed E-state index contributed by atoms with van der Waals surface area (Å²) < 4.78 is 11.5. The Bertz CT molecular complexity index is 843. The Hall–Kier alpha value is -2.54. The Morgan fingerprint density at radius 3 is 2.50 bits per heavy atom. The first-order valence-corrected chi connectivity index (χ1v) is 9.70. The van der Waals surface area contributed by atoms with Crippen LogP contribution in [0.3, 0.4) is 0 Å². The number of amides is 1. The molecule has 2 rings (SSSR count). The lowest BCUT2D eigenvalue weighted by Crippen LogP contribution is -2.24. The van der Waals surface area contributed by atoms with Gasteiger partial charge in [-0.2, -0.15) is 5.10 Å². The highest BCUT2D eigenvalue weighted by Gasteiger charge is 2.13. The third kappa shape index (κ3) is 6.27. The van der Waals surface area contributed by atoms with Gasteiger partial charge >= 0.3 is 0 Å². The van der Waals surface area contributed by atoms with Crippen molar-refractivity contribution in [1.82, 2.24) is 5.43 Å². The molecule has 2 N–H and O–H groups in total. The average Bonchev–Trinajstić information content (AvgIpc) is 2.63. The van der Waals surface area contributed by atoms with Gasteiger partial charge in [0.1, 0.15) is 5.75 Å². The maximum atomic E-state index is 11.9. The molecule has 0 aliphatic heterocycles. The molecule has 7 heteroatoms. The van der Waals surface area contributed by atoms with Gasteiger partial charge in [-0.15, -0.1) is 0 Å². The van der Waals surface area contributed by atoms with Crippen LogP contribution in [0.4, 0.5) is 0 Å². The van der Waals surface area contributed by atoms with Crippen LogP contribution in [0.1, 0.15) is 38.8 Å². The lowest BCUT2D eigenvalue weighted by molar-refractivity contribution is -0.123. The number of carbonyl (C=O) groups excluding carboxylic acids is 1. The van der Waals surface area contributed by atoms with E-state index in [0.29, 0.717) is 23.7 Å². The van der Waals surface area contributed by atoms with Gasteiger partial charge in [-0.25, -0.2) is 5.43 Å². The second-order valence-corrected chi connectivity index (χ2v) is 8.05. The van der Waals surface area contributed by atoms with Crippen LogP contribution in [0.2, 0.25) is 0 Å². The van der Waals surface area contributed by atoms with E-state index < -0.39 is 5.91 Å². The van der Waals surface area contributed by atoms with Crippen molar-refractivity contribution in [1.29, 1.82) is 0 Å². The van der Waals surface area contributed by atoms with Gasteiger partial charge < -0.3 is 14.6 Å². The number of aromatic hydroxyl groups is 1. The first-order chi connectivity index (χ1) is 13.2. The van der Waals surface area contributed by atoms with Crippen LogP contribution in [0, 0.1) is 0 Å². The van der Waals surface area contributed by atoms with Crippen LogP contribution in [-0.4, -0.2) is 30.4 Å². The summed E-state index contributed by atoms with van der Waals surface area (Å²) in [5.41, 5.74) is 4.04. The third-order valence-electron chi connectivity index (χ3n) is 3.85. The van der Waals surface area contributed by atoms with Gasteiger partial charge in [-0.05, 0) is 42.2 Å². The summed E-state index contributed by atoms with van der Waals surface area (Å²) in [6.07, 6.45) is 1.35. The number of benzene rings is 2. The van der Waals surface area contributed by atoms with Crippen molar-refractivity contribution in [2.45, 2.75) is 33.1 Å². The van der Waals surface area contributed by atoms with Crippen LogP contribution < -0.4 is 14.9 Å². The van der Waals surface area contributed by atoms with E-state index >= 15 is 0 Å². The first-order valence-electron chi connectivity index (χ1n) is 8.91. The van der Waals surface area contributed by atoms with Crippen molar-refractivity contribution >= 4 is 28.1 Å². The van der Waals surface area contributed by atoms with Crippen molar-refractivity contribution in [2.24, 2.45) is 5.10 Å². The molecular weight excluding hydrogens is 424 g/mol. The Kier molecular flexibility index (Phi) is 7.45. The van der Waals surface area contributed by atoms with Crippen molar-refractivity contribution < 1.29 is 19.4 Å². The van der Waals surface area contributed by atoms with Gasteiger partial charge in [-0.3, -0.25) is 4.79 Å². The van der Waals surface area contributed by atoms with Crippen LogP contribution in [0.15, 0.2) is 46.0 Å². The summed E-state index contributed by atoms with van der Waals surface area (Å²) in [5.74, 6) is 0.499. The van der Waals surface area contributed by atoms with E-state index in [0.717, 1.165) is 4.47 Å². The number of phenolic OH excluding ortho intramolecular Hbond substituents is 1. The Balaban J connectivity index is 1.90. The molecule has 0 aliphatic carbocycles. The lowest BCUT2D eigenvalue weighted by Gasteiger charge is -2.19. The van der Waals surface area contributed by atoms with Crippen molar-refractivity contribution in [3.05, 3.63) is 52.0 Å². The largest absolute Gasteiger partial charge is 0.504 e. The zero-order valence-corrected chi connectivity index (χ0v) is 18.0. The number of hydrogen-bond acceptors (Lipinski definition) is 5. The minimum Gasteiger partial charge on any atom is -0.504 e. The van der Waals surface area contributed by atoms with E-state index in [1.165, 1.54) is 11.8 Å². The molecule has 6 nitrogen and oxygen atoms in total. The Morgan fingerprint density at radius 2 is 1.89 bits per heavy atom. The molecule has 0 radical (unpaired) electrons. The fourth-order valence-corrected chi connectivity index (χ4v) is 2.82. The minimum atomic E-state index is -0.407. The summed E-state index contributed by atoms with van der Waals surface area (Å²) in [5, 5.41) is 14.0. The Morgan fingerprint density at radius 1 is 1.21 bits per heavy atom. The number of ether oxygens (including phenoxy) is 2. The number of nitrogens with one attached hydrogen (secondary N) is 1. The number of rotatable bonds is 7. The quantitative estimate of drug-likeness (QED) is 0.486. The third-order valence-corrected chi connectivity index (χ3v) is 4.31. The summed E-state index contributed by atoms with van der Waals surface area (Å²) in [4.78, 5) is 11.9. The van der Waals surface area contributed by atoms with Crippen molar-refractivity contribution in [3.8, 4) is 17.2 Å². The number of halogens is 1. The monoisotopic (exact) mass is 448 g/mol. The van der Waals surface area contributed by atoms with Crippen molar-refractivity contribution in [2.75, 3.05) is 13.2 Å². The molecular formula is C21H25BrN2O4. The molecule has 0 heterocycles. The molecule has 1 amide bonds. The predicted octanol–water partition coefficient (Wildman–Crippen LogP) is 4.38. The van der Waals surface area contributed by atoms with Crippen LogP contribution in [0.5, 0.6) is 17.2 Å². The maximum absolute atomic E-state index is 11.9. The number of phenols is 1. The standard InChI is InChI=1S/C21H25BrN2O4/c1-5-27-18-11-16(22)10-14(20(18)26)12-23-24-19(25)13-28-17-8-6-15(7-9-17)21(2,3)4/h6-12,26H,5,13H2,1-4H3,(H,24,25)/b23-12+. The highest BCUT2D eigenvalue weighted by atomic mass is 79.9. The normalized spacial score (nSPS) is 11.5. The molecule has 0 saturated carbocycles. The minimum absolute atomic E-state index is 0.0433. The molecule has 150 valence electrons. The molecule has 28 heavy (non-hydrogen) atoms. The molecule has 0 saturated heterocycles. The Labute approximate surface area is 173 Å². The molecule has 2 aromatic rings. The topological polar surface area (TPSA) is 80.2 Å². The SMILES string of the molecule is CCOc1cc(Br)cc(/C=N/NC(=O)COc2ccc(C(C)(C)C)cc2)c1O. The molecule has 0 aliphatic rings. The summed E-state index contributed by atoms with van der Waals surface area (Å²) in [6, 6.07) is 11.0. The summed E-state index contributed by atoms with van der Waals surface area (Å²) in [6.45, 7) is 8.48. The lowest BCUT2D eigenvalue weighted by atomic mass is 9.87. The summed E-state index contributed by atoms with van der Waals surface area (Å²) in [7, 11) is 0. The van der Waals surface area contributed by atoms with E-state index in [4.69, 9.17) is 9.47 Å². The molecule has 0 unspecified atom stereocenters. The smallest absolute Gasteiger partial charge is 0.277 e. The van der Waals surface area contributed by atoms with Crippen LogP contribution in [-0.2, 0) is 10.2 Å². The van der Waals surface area contributed by atoms with E-state index in [9.17, 15) is 9.90 Å². The van der Waals surface area contributed by atoms with Gasteiger partial charge in [0.15, 0.2) is 18.1 Å². The fourth-order valence-electron chi connectivity index (χ4n) is 2.36.